The van der Waals surface area contributed by atoms with Crippen molar-refractivity contribution in [2.75, 3.05) is 44.2 Å². The van der Waals surface area contributed by atoms with Gasteiger partial charge in [-0.25, -0.2) is 8.42 Å². The molecule has 37 heavy (non-hydrogen) atoms. The average molecular weight is 524 g/mol. The predicted octanol–water partition coefficient (Wildman–Crippen LogP) is 3.36. The number of aryl methyl sites for hydroxylation is 2. The second kappa shape index (κ2) is 10.6. The number of hydrogen-bond donors (Lipinski definition) is 0. The topological polar surface area (TPSA) is 99.8 Å². The van der Waals surface area contributed by atoms with Crippen molar-refractivity contribution in [3.63, 3.8) is 0 Å². The molecule has 0 bridgehead atoms. The van der Waals surface area contributed by atoms with Crippen LogP contribution >= 0.6 is 0 Å². The largest absolute Gasteiger partial charge is 0.368 e. The number of amides is 1. The molecule has 1 aromatic heterocycles. The van der Waals surface area contributed by atoms with E-state index in [0.717, 1.165) is 13.1 Å². The van der Waals surface area contributed by atoms with Gasteiger partial charge in [0.1, 0.15) is 0 Å². The molecule has 1 amide bonds. The van der Waals surface area contributed by atoms with Crippen LogP contribution in [-0.4, -0.2) is 72.9 Å². The zero-order valence-electron chi connectivity index (χ0n) is 21.3. The van der Waals surface area contributed by atoms with Crippen LogP contribution in [0.5, 0.6) is 0 Å². The first-order chi connectivity index (χ1) is 17.9. The van der Waals surface area contributed by atoms with Crippen LogP contribution in [0.15, 0.2) is 57.9 Å². The molecule has 3 aromatic rings. The van der Waals surface area contributed by atoms with E-state index in [1.165, 1.54) is 9.99 Å². The molecule has 0 N–H and O–H groups in total. The fraction of sp³-hybridized carbons (Fsp3) is 0.444. The number of para-hydroxylation sites is 1. The number of piperazine rings is 1. The highest BCUT2D eigenvalue weighted by atomic mass is 32.2. The van der Waals surface area contributed by atoms with E-state index in [2.05, 4.69) is 27.2 Å². The first kappa shape index (κ1) is 25.4. The first-order valence-electron chi connectivity index (χ1n) is 12.9. The van der Waals surface area contributed by atoms with Crippen molar-refractivity contribution in [1.29, 1.82) is 0 Å². The number of hydrogen-bond acceptors (Lipinski definition) is 7. The minimum absolute atomic E-state index is 0.144. The van der Waals surface area contributed by atoms with Crippen LogP contribution in [0.1, 0.15) is 31.2 Å². The second-order valence-electron chi connectivity index (χ2n) is 9.67. The lowest BCUT2D eigenvalue weighted by Gasteiger charge is -2.39. The first-order valence-corrected chi connectivity index (χ1v) is 14.3. The molecule has 0 atom stereocenters. The Kier molecular flexibility index (Phi) is 7.30. The third kappa shape index (κ3) is 5.26. The van der Waals surface area contributed by atoms with Crippen molar-refractivity contribution in [3.05, 3.63) is 60.0 Å². The zero-order chi connectivity index (χ0) is 26.0. The lowest BCUT2D eigenvalue weighted by molar-refractivity contribution is -0.137. The summed E-state index contributed by atoms with van der Waals surface area (Å²) in [6.07, 6.45) is 1.67. The number of carbonyl (C=O) groups is 1. The fourth-order valence-electron chi connectivity index (χ4n) is 5.10. The van der Waals surface area contributed by atoms with Crippen LogP contribution in [0.2, 0.25) is 0 Å². The molecule has 0 radical (unpaired) electrons. The van der Waals surface area contributed by atoms with Crippen LogP contribution in [0, 0.1) is 12.8 Å². The summed E-state index contributed by atoms with van der Waals surface area (Å²) in [5.41, 5.74) is 2.45. The van der Waals surface area contributed by atoms with Gasteiger partial charge in [0.25, 0.3) is 0 Å². The van der Waals surface area contributed by atoms with Crippen molar-refractivity contribution in [2.45, 2.75) is 38.0 Å². The molecular formula is C27H33N5O4S. The van der Waals surface area contributed by atoms with E-state index < -0.39 is 10.0 Å². The Morgan fingerprint density at radius 2 is 1.70 bits per heavy atom. The van der Waals surface area contributed by atoms with E-state index in [1.807, 2.05) is 30.0 Å². The molecule has 2 aromatic carbocycles. The van der Waals surface area contributed by atoms with Crippen LogP contribution in [0.3, 0.4) is 0 Å². The summed E-state index contributed by atoms with van der Waals surface area (Å²) in [6, 6.07) is 15.4. The average Bonchev–Trinajstić information content (AvgIpc) is 3.43. The number of sulfonamides is 1. The Morgan fingerprint density at radius 3 is 2.35 bits per heavy atom. The zero-order valence-corrected chi connectivity index (χ0v) is 22.2. The van der Waals surface area contributed by atoms with E-state index in [1.54, 1.807) is 25.1 Å². The SMILES string of the molecule is CCc1nc(-c2ccc(C)c(S(=O)(=O)N3CCC(C(=O)N4CCN(c5ccccc5)CC4)CC3)c2)no1. The standard InChI is InChI=1S/C27H33N5O4S/c1-3-25-28-26(29-36-25)22-10-9-20(2)24(19-22)37(34,35)32-13-11-21(12-14-32)27(33)31-17-15-30(16-18-31)23-7-5-4-6-8-23/h4-10,19,21H,3,11-18H2,1-2H3. The minimum atomic E-state index is -3.72. The lowest BCUT2D eigenvalue weighted by atomic mass is 9.96. The highest BCUT2D eigenvalue weighted by Gasteiger charge is 2.35. The molecule has 9 nitrogen and oxygen atoms in total. The number of piperidine rings is 1. The van der Waals surface area contributed by atoms with Gasteiger partial charge in [0.15, 0.2) is 0 Å². The maximum Gasteiger partial charge on any atom is 0.243 e. The van der Waals surface area contributed by atoms with Crippen LogP contribution in [0.25, 0.3) is 11.4 Å². The Balaban J connectivity index is 1.21. The lowest BCUT2D eigenvalue weighted by Crippen LogP contribution is -2.52. The maximum absolute atomic E-state index is 13.6. The number of anilines is 1. The molecule has 196 valence electrons. The molecule has 5 rings (SSSR count). The maximum atomic E-state index is 13.6. The summed E-state index contributed by atoms with van der Waals surface area (Å²) >= 11 is 0. The number of nitrogens with zero attached hydrogens (tertiary/aromatic N) is 5. The quantitative estimate of drug-likeness (QED) is 0.488. The number of rotatable bonds is 6. The van der Waals surface area contributed by atoms with E-state index in [0.29, 0.717) is 68.3 Å². The number of benzene rings is 2. The molecule has 3 heterocycles. The van der Waals surface area contributed by atoms with Crippen molar-refractivity contribution >= 4 is 21.6 Å². The van der Waals surface area contributed by atoms with E-state index in [9.17, 15) is 13.2 Å². The minimum Gasteiger partial charge on any atom is -0.368 e. The molecule has 10 heteroatoms. The van der Waals surface area contributed by atoms with Gasteiger partial charge in [-0.1, -0.05) is 42.4 Å². The molecule has 0 spiro atoms. The van der Waals surface area contributed by atoms with E-state index >= 15 is 0 Å². The van der Waals surface area contributed by atoms with Gasteiger partial charge in [0, 0.05) is 62.9 Å². The molecule has 2 saturated heterocycles. The third-order valence-electron chi connectivity index (χ3n) is 7.35. The smallest absolute Gasteiger partial charge is 0.243 e. The second-order valence-corrected chi connectivity index (χ2v) is 11.6. The molecule has 2 aliphatic rings. The summed E-state index contributed by atoms with van der Waals surface area (Å²) in [5, 5.41) is 3.98. The third-order valence-corrected chi connectivity index (χ3v) is 9.39. The van der Waals surface area contributed by atoms with Crippen LogP contribution < -0.4 is 4.90 Å². The van der Waals surface area contributed by atoms with Gasteiger partial charge in [-0.3, -0.25) is 4.79 Å². The van der Waals surface area contributed by atoms with Crippen molar-refractivity contribution in [2.24, 2.45) is 5.92 Å². The van der Waals surface area contributed by atoms with E-state index in [-0.39, 0.29) is 16.7 Å². The Labute approximate surface area is 218 Å². The predicted molar refractivity (Wildman–Crippen MR) is 141 cm³/mol. The molecule has 0 unspecified atom stereocenters. The summed E-state index contributed by atoms with van der Waals surface area (Å²) in [4.78, 5) is 22.0. The highest BCUT2D eigenvalue weighted by Crippen LogP contribution is 2.30. The molecule has 0 saturated carbocycles. The van der Waals surface area contributed by atoms with Gasteiger partial charge in [-0.2, -0.15) is 9.29 Å². The van der Waals surface area contributed by atoms with Gasteiger partial charge >= 0.3 is 0 Å². The Hall–Kier alpha value is -3.24. The molecule has 2 fully saturated rings. The summed E-state index contributed by atoms with van der Waals surface area (Å²) in [5.74, 6) is 0.888. The molecular weight excluding hydrogens is 490 g/mol. The van der Waals surface area contributed by atoms with Crippen molar-refractivity contribution in [1.82, 2.24) is 19.3 Å². The normalized spacial score (nSPS) is 17.8. The van der Waals surface area contributed by atoms with Gasteiger partial charge in [0.05, 0.1) is 4.90 Å². The van der Waals surface area contributed by atoms with Crippen molar-refractivity contribution in [3.8, 4) is 11.4 Å². The summed E-state index contributed by atoms with van der Waals surface area (Å²) in [6.45, 7) is 7.35. The number of aromatic nitrogens is 2. The van der Waals surface area contributed by atoms with Gasteiger partial charge in [0.2, 0.25) is 27.6 Å². The molecule has 2 aliphatic heterocycles. The Bertz CT molecular complexity index is 1340. The molecule has 0 aliphatic carbocycles. The van der Waals surface area contributed by atoms with E-state index in [4.69, 9.17) is 4.52 Å². The van der Waals surface area contributed by atoms with Crippen LogP contribution in [-0.2, 0) is 21.2 Å². The van der Waals surface area contributed by atoms with Gasteiger partial charge < -0.3 is 14.3 Å². The highest BCUT2D eigenvalue weighted by molar-refractivity contribution is 7.89. The summed E-state index contributed by atoms with van der Waals surface area (Å²) < 4.78 is 33.8. The Morgan fingerprint density at radius 1 is 1.00 bits per heavy atom. The summed E-state index contributed by atoms with van der Waals surface area (Å²) in [7, 11) is -3.72. The number of carbonyl (C=O) groups excluding carboxylic acids is 1. The van der Waals surface area contributed by atoms with Crippen molar-refractivity contribution < 1.29 is 17.7 Å². The van der Waals surface area contributed by atoms with Crippen LogP contribution in [0.4, 0.5) is 5.69 Å². The fourth-order valence-corrected chi connectivity index (χ4v) is 6.82. The van der Waals surface area contributed by atoms with Gasteiger partial charge in [-0.05, 0) is 43.5 Å². The monoisotopic (exact) mass is 523 g/mol. The van der Waals surface area contributed by atoms with Gasteiger partial charge in [-0.15, -0.1) is 0 Å².